The summed E-state index contributed by atoms with van der Waals surface area (Å²) in [6, 6.07) is 9.95. The molecule has 0 radical (unpaired) electrons. The number of para-hydroxylation sites is 1. The first kappa shape index (κ1) is 18.3. The minimum atomic E-state index is -0.670. The largest absolute Gasteiger partial charge is 0.477 e. The molecule has 0 aliphatic carbocycles. The lowest BCUT2D eigenvalue weighted by molar-refractivity contribution is -0.389. The molecule has 1 aromatic carbocycles. The number of carbonyl (C=O) groups is 2. The molecule has 9 heteroatoms. The van der Waals surface area contributed by atoms with Gasteiger partial charge in [-0.1, -0.05) is 32.0 Å². The van der Waals surface area contributed by atoms with Crippen molar-refractivity contribution in [1.29, 1.82) is 0 Å². The number of pyridine rings is 1. The zero-order valence-electron chi connectivity index (χ0n) is 14.8. The fourth-order valence-electron chi connectivity index (χ4n) is 2.78. The summed E-state index contributed by atoms with van der Waals surface area (Å²) in [6.07, 6.45) is 0. The van der Waals surface area contributed by atoms with Crippen LogP contribution in [0.2, 0.25) is 0 Å². The highest BCUT2D eigenvalue weighted by Crippen LogP contribution is 2.32. The molecule has 0 fully saturated rings. The van der Waals surface area contributed by atoms with E-state index in [4.69, 9.17) is 4.74 Å². The van der Waals surface area contributed by atoms with Crippen LogP contribution in [-0.4, -0.2) is 34.9 Å². The first-order chi connectivity index (χ1) is 12.9. The number of rotatable bonds is 5. The van der Waals surface area contributed by atoms with Gasteiger partial charge in [0.25, 0.3) is 11.7 Å². The number of fused-ring (bicyclic) bond motifs is 1. The summed E-state index contributed by atoms with van der Waals surface area (Å²) < 4.78 is 5.24. The number of ether oxygens (including phenoxy) is 1. The van der Waals surface area contributed by atoms with E-state index >= 15 is 0 Å². The minimum absolute atomic E-state index is 0.0345. The molecule has 1 N–H and O–H groups in total. The zero-order chi connectivity index (χ0) is 19.6. The van der Waals surface area contributed by atoms with Crippen molar-refractivity contribution < 1.29 is 19.2 Å². The van der Waals surface area contributed by atoms with Crippen molar-refractivity contribution in [3.8, 4) is 5.75 Å². The molecule has 2 aromatic rings. The first-order valence-corrected chi connectivity index (χ1v) is 8.34. The molecule has 1 aliphatic heterocycles. The van der Waals surface area contributed by atoms with Gasteiger partial charge in [-0.2, -0.15) is 0 Å². The van der Waals surface area contributed by atoms with Crippen LogP contribution < -0.4 is 15.0 Å². The maximum absolute atomic E-state index is 12.5. The van der Waals surface area contributed by atoms with Gasteiger partial charge in [0.05, 0.1) is 0 Å². The van der Waals surface area contributed by atoms with E-state index in [1.807, 2.05) is 32.0 Å². The van der Waals surface area contributed by atoms with Gasteiger partial charge in [0, 0.05) is 11.8 Å². The van der Waals surface area contributed by atoms with Crippen molar-refractivity contribution in [2.24, 2.45) is 0 Å². The second-order valence-corrected chi connectivity index (χ2v) is 6.31. The van der Waals surface area contributed by atoms with Crippen molar-refractivity contribution in [3.63, 3.8) is 0 Å². The Balaban J connectivity index is 1.83. The molecule has 0 atom stereocenters. The Kier molecular flexibility index (Phi) is 5.02. The Morgan fingerprint density at radius 3 is 2.78 bits per heavy atom. The van der Waals surface area contributed by atoms with Crippen molar-refractivity contribution in [2.45, 2.75) is 19.8 Å². The Bertz CT molecular complexity index is 912. The van der Waals surface area contributed by atoms with Gasteiger partial charge in [0.1, 0.15) is 6.54 Å². The maximum Gasteiger partial charge on any atom is 0.366 e. The molecule has 0 saturated carbocycles. The Morgan fingerprint density at radius 1 is 1.33 bits per heavy atom. The van der Waals surface area contributed by atoms with Gasteiger partial charge in [0.15, 0.2) is 12.4 Å². The number of nitrogens with one attached hydrogen (secondary N) is 1. The smallest absolute Gasteiger partial charge is 0.366 e. The molecule has 2 amide bonds. The summed E-state index contributed by atoms with van der Waals surface area (Å²) in [6.45, 7) is 3.43. The van der Waals surface area contributed by atoms with Crippen LogP contribution in [0.5, 0.6) is 5.75 Å². The first-order valence-electron chi connectivity index (χ1n) is 8.34. The van der Waals surface area contributed by atoms with Crippen LogP contribution in [0.3, 0.4) is 0 Å². The molecule has 0 saturated heterocycles. The molecule has 0 spiro atoms. The van der Waals surface area contributed by atoms with Gasteiger partial charge < -0.3 is 20.2 Å². The van der Waals surface area contributed by atoms with Gasteiger partial charge in [-0.25, -0.2) is 0 Å². The highest BCUT2D eigenvalue weighted by atomic mass is 16.6. The van der Waals surface area contributed by atoms with Crippen molar-refractivity contribution in [2.75, 3.05) is 23.4 Å². The Morgan fingerprint density at radius 2 is 2.07 bits per heavy atom. The minimum Gasteiger partial charge on any atom is -0.477 e. The van der Waals surface area contributed by atoms with E-state index in [1.165, 1.54) is 12.1 Å². The second-order valence-electron chi connectivity index (χ2n) is 6.31. The van der Waals surface area contributed by atoms with E-state index in [0.29, 0.717) is 5.69 Å². The molecule has 1 aliphatic rings. The number of nitro groups is 1. The molecule has 2 heterocycles. The van der Waals surface area contributed by atoms with Gasteiger partial charge in [-0.3, -0.25) is 14.5 Å². The molecule has 3 rings (SSSR count). The predicted molar refractivity (Wildman–Crippen MR) is 97.9 cm³/mol. The van der Waals surface area contributed by atoms with Crippen LogP contribution in [0.4, 0.5) is 17.3 Å². The summed E-state index contributed by atoms with van der Waals surface area (Å²) in [5.41, 5.74) is 1.62. The number of benzene rings is 1. The number of aromatic nitrogens is 1. The van der Waals surface area contributed by atoms with Crippen LogP contribution in [-0.2, 0) is 9.59 Å². The lowest BCUT2D eigenvalue weighted by Crippen LogP contribution is -2.44. The van der Waals surface area contributed by atoms with E-state index in [1.54, 1.807) is 6.07 Å². The average molecular weight is 370 g/mol. The van der Waals surface area contributed by atoms with Gasteiger partial charge >= 0.3 is 5.82 Å². The third-order valence-electron chi connectivity index (χ3n) is 4.08. The maximum atomic E-state index is 12.5. The lowest BCUT2D eigenvalue weighted by atomic mass is 10.0. The summed E-state index contributed by atoms with van der Waals surface area (Å²) in [5, 5.41) is 13.8. The highest BCUT2D eigenvalue weighted by molar-refractivity contribution is 6.04. The van der Waals surface area contributed by atoms with Crippen LogP contribution in [0.1, 0.15) is 25.3 Å². The van der Waals surface area contributed by atoms with Gasteiger partial charge in [-0.05, 0) is 33.5 Å². The molecule has 0 unspecified atom stereocenters. The predicted octanol–water partition coefficient (Wildman–Crippen LogP) is 2.48. The quantitative estimate of drug-likeness (QED) is 0.639. The number of carbonyl (C=O) groups excluding carboxylic acids is 2. The zero-order valence-corrected chi connectivity index (χ0v) is 14.8. The average Bonchev–Trinajstić information content (AvgIpc) is 2.64. The van der Waals surface area contributed by atoms with Crippen LogP contribution in [0, 0.1) is 10.1 Å². The summed E-state index contributed by atoms with van der Waals surface area (Å²) in [4.78, 5) is 40.0. The lowest BCUT2D eigenvalue weighted by Gasteiger charge is -2.25. The molecule has 0 bridgehead atoms. The van der Waals surface area contributed by atoms with Gasteiger partial charge in [-0.15, -0.1) is 0 Å². The van der Waals surface area contributed by atoms with E-state index in [-0.39, 0.29) is 30.6 Å². The van der Waals surface area contributed by atoms with E-state index in [2.05, 4.69) is 10.3 Å². The second kappa shape index (κ2) is 7.40. The Hall–Kier alpha value is -3.49. The number of amides is 2. The van der Waals surface area contributed by atoms with Crippen LogP contribution >= 0.6 is 0 Å². The van der Waals surface area contributed by atoms with Crippen molar-refractivity contribution in [1.82, 2.24) is 4.98 Å². The number of anilines is 2. The van der Waals surface area contributed by atoms with Crippen molar-refractivity contribution >= 4 is 29.1 Å². The normalized spacial score (nSPS) is 13.1. The topological polar surface area (TPSA) is 115 Å². The van der Waals surface area contributed by atoms with Crippen LogP contribution in [0.15, 0.2) is 36.4 Å². The summed E-state index contributed by atoms with van der Waals surface area (Å²) >= 11 is 0. The van der Waals surface area contributed by atoms with E-state index in [0.717, 1.165) is 10.5 Å². The van der Waals surface area contributed by atoms with E-state index in [9.17, 15) is 19.7 Å². The van der Waals surface area contributed by atoms with Crippen molar-refractivity contribution in [3.05, 3.63) is 52.1 Å². The van der Waals surface area contributed by atoms with Crippen LogP contribution in [0.25, 0.3) is 0 Å². The Labute approximate surface area is 155 Å². The number of hydrogen-bond donors (Lipinski definition) is 1. The number of hydrogen-bond acceptors (Lipinski definition) is 6. The fraction of sp³-hybridized carbons (Fsp3) is 0.278. The van der Waals surface area contributed by atoms with E-state index < -0.39 is 22.6 Å². The standard InChI is InChI=1S/C18H18N4O5/c1-11(2)12-5-3-4-6-13(12)19-16(23)9-21-17(24)10-27-14-7-8-15(22(25)26)20-18(14)21/h3-8,11H,9-10H2,1-2H3,(H,19,23). The number of nitrogens with zero attached hydrogens (tertiary/aromatic N) is 3. The summed E-state index contributed by atoms with van der Waals surface area (Å²) in [7, 11) is 0. The molecule has 27 heavy (non-hydrogen) atoms. The monoisotopic (exact) mass is 370 g/mol. The third-order valence-corrected chi connectivity index (χ3v) is 4.08. The SMILES string of the molecule is CC(C)c1ccccc1NC(=O)CN1C(=O)COc2ccc([N+](=O)[O-])nc21. The molecule has 140 valence electrons. The third kappa shape index (κ3) is 3.86. The molecular weight excluding hydrogens is 352 g/mol. The molecule has 9 nitrogen and oxygen atoms in total. The van der Waals surface area contributed by atoms with Gasteiger partial charge in [0.2, 0.25) is 5.91 Å². The fourth-order valence-corrected chi connectivity index (χ4v) is 2.78. The highest BCUT2D eigenvalue weighted by Gasteiger charge is 2.33. The molecule has 1 aromatic heterocycles. The summed E-state index contributed by atoms with van der Waals surface area (Å²) in [5.74, 6) is -0.970. The molecular formula is C18H18N4O5.